The SMILES string of the molecule is COC(=O)N1CC2CCC1C(NC(=O)c1ccc3c(c1)CCN3)C2. The molecule has 2 amide bonds. The maximum atomic E-state index is 12.7. The molecule has 4 aliphatic rings. The first kappa shape index (κ1) is 15.3. The second-order valence-electron chi connectivity index (χ2n) is 7.00. The summed E-state index contributed by atoms with van der Waals surface area (Å²) in [6.45, 7) is 1.68. The van der Waals surface area contributed by atoms with Gasteiger partial charge in [0.2, 0.25) is 0 Å². The molecule has 0 aromatic heterocycles. The van der Waals surface area contributed by atoms with E-state index in [-0.39, 0.29) is 24.1 Å². The Kier molecular flexibility index (Phi) is 3.82. The van der Waals surface area contributed by atoms with E-state index in [0.29, 0.717) is 11.5 Å². The molecule has 0 spiro atoms. The summed E-state index contributed by atoms with van der Waals surface area (Å²) in [6, 6.07) is 5.87. The maximum absolute atomic E-state index is 12.7. The average molecular weight is 329 g/mol. The zero-order chi connectivity index (χ0) is 16.7. The molecule has 1 saturated carbocycles. The van der Waals surface area contributed by atoms with E-state index in [1.54, 1.807) is 4.90 Å². The Morgan fingerprint density at radius 3 is 3.00 bits per heavy atom. The number of anilines is 1. The molecule has 5 rings (SSSR count). The van der Waals surface area contributed by atoms with Crippen LogP contribution in [-0.4, -0.2) is 49.2 Å². The molecule has 6 nitrogen and oxygen atoms in total. The lowest BCUT2D eigenvalue weighted by atomic mass is 9.76. The molecule has 3 atom stereocenters. The number of piperidine rings is 2. The molecule has 3 fully saturated rings. The van der Waals surface area contributed by atoms with Crippen LogP contribution in [0.25, 0.3) is 0 Å². The van der Waals surface area contributed by atoms with Crippen LogP contribution in [-0.2, 0) is 11.2 Å². The molecule has 3 aliphatic heterocycles. The minimum atomic E-state index is -0.285. The van der Waals surface area contributed by atoms with E-state index in [2.05, 4.69) is 10.6 Å². The third-order valence-corrected chi connectivity index (χ3v) is 5.58. The van der Waals surface area contributed by atoms with Gasteiger partial charge in [0.25, 0.3) is 5.91 Å². The number of carbonyl (C=O) groups excluding carboxylic acids is 2. The second kappa shape index (κ2) is 6.00. The van der Waals surface area contributed by atoms with Gasteiger partial charge < -0.3 is 20.3 Å². The fourth-order valence-corrected chi connectivity index (χ4v) is 4.37. The second-order valence-corrected chi connectivity index (χ2v) is 7.00. The van der Waals surface area contributed by atoms with E-state index in [9.17, 15) is 9.59 Å². The van der Waals surface area contributed by atoms with E-state index >= 15 is 0 Å². The molecule has 1 aliphatic carbocycles. The van der Waals surface area contributed by atoms with Crippen molar-refractivity contribution in [2.45, 2.75) is 37.8 Å². The lowest BCUT2D eigenvalue weighted by molar-refractivity contribution is 0.0180. The lowest BCUT2D eigenvalue weighted by Crippen LogP contribution is -2.62. The minimum Gasteiger partial charge on any atom is -0.453 e. The van der Waals surface area contributed by atoms with Gasteiger partial charge >= 0.3 is 6.09 Å². The van der Waals surface area contributed by atoms with Crippen LogP contribution >= 0.6 is 0 Å². The molecule has 2 N–H and O–H groups in total. The monoisotopic (exact) mass is 329 g/mol. The van der Waals surface area contributed by atoms with Gasteiger partial charge in [-0.05, 0) is 55.4 Å². The highest BCUT2D eigenvalue weighted by Gasteiger charge is 2.44. The van der Waals surface area contributed by atoms with E-state index in [4.69, 9.17) is 4.74 Å². The molecule has 1 aromatic rings. The number of benzene rings is 1. The summed E-state index contributed by atoms with van der Waals surface area (Å²) >= 11 is 0. The van der Waals surface area contributed by atoms with Crippen molar-refractivity contribution >= 4 is 17.7 Å². The lowest BCUT2D eigenvalue weighted by Gasteiger charge is -2.49. The Morgan fingerprint density at radius 1 is 1.33 bits per heavy atom. The summed E-state index contributed by atoms with van der Waals surface area (Å²) < 4.78 is 4.90. The van der Waals surface area contributed by atoms with E-state index in [1.165, 1.54) is 12.7 Å². The highest BCUT2D eigenvalue weighted by molar-refractivity contribution is 5.95. The van der Waals surface area contributed by atoms with Crippen molar-refractivity contribution in [3.05, 3.63) is 29.3 Å². The summed E-state index contributed by atoms with van der Waals surface area (Å²) in [5.41, 5.74) is 3.02. The molecular formula is C18H23N3O3. The quantitative estimate of drug-likeness (QED) is 0.871. The number of nitrogens with one attached hydrogen (secondary N) is 2. The van der Waals surface area contributed by atoms with Gasteiger partial charge in [0.15, 0.2) is 0 Å². The van der Waals surface area contributed by atoms with Gasteiger partial charge in [-0.1, -0.05) is 0 Å². The highest BCUT2D eigenvalue weighted by Crippen LogP contribution is 2.35. The Bertz CT molecular complexity index is 675. The van der Waals surface area contributed by atoms with Gasteiger partial charge in [-0.25, -0.2) is 4.79 Å². The average Bonchev–Trinajstić information content (AvgIpc) is 3.09. The third-order valence-electron chi connectivity index (χ3n) is 5.58. The standard InChI is InChI=1S/C18H23N3O3/c1-24-18(23)21-10-11-2-5-16(21)15(8-11)20-17(22)13-3-4-14-12(9-13)6-7-19-14/h3-4,9,11,15-16,19H,2,5-8,10H2,1H3,(H,20,22). The molecule has 128 valence electrons. The number of nitrogens with zero attached hydrogens (tertiary/aromatic N) is 1. The number of hydrogen-bond donors (Lipinski definition) is 2. The molecule has 6 heteroatoms. The number of fused-ring (bicyclic) bond motifs is 4. The van der Waals surface area contributed by atoms with Crippen molar-refractivity contribution in [1.29, 1.82) is 0 Å². The molecule has 3 heterocycles. The number of rotatable bonds is 2. The topological polar surface area (TPSA) is 70.7 Å². The van der Waals surface area contributed by atoms with E-state index in [0.717, 1.165) is 44.5 Å². The van der Waals surface area contributed by atoms with Gasteiger partial charge in [-0.15, -0.1) is 0 Å². The maximum Gasteiger partial charge on any atom is 0.409 e. The number of hydrogen-bond acceptors (Lipinski definition) is 4. The molecule has 3 unspecified atom stereocenters. The summed E-state index contributed by atoms with van der Waals surface area (Å²) in [7, 11) is 1.41. The van der Waals surface area contributed by atoms with Crippen molar-refractivity contribution in [3.8, 4) is 0 Å². The fourth-order valence-electron chi connectivity index (χ4n) is 4.37. The van der Waals surface area contributed by atoms with Crippen LogP contribution in [0.2, 0.25) is 0 Å². The van der Waals surface area contributed by atoms with Gasteiger partial charge in [0.05, 0.1) is 19.2 Å². The molecule has 0 radical (unpaired) electrons. The van der Waals surface area contributed by atoms with Crippen LogP contribution < -0.4 is 10.6 Å². The Balaban J connectivity index is 1.48. The Morgan fingerprint density at radius 2 is 2.21 bits per heavy atom. The number of ether oxygens (including phenoxy) is 1. The van der Waals surface area contributed by atoms with Crippen LogP contribution in [0.15, 0.2) is 18.2 Å². The first-order valence-corrected chi connectivity index (χ1v) is 8.68. The normalized spacial score (nSPS) is 27.4. The third kappa shape index (κ3) is 2.60. The van der Waals surface area contributed by atoms with E-state index < -0.39 is 0 Å². The van der Waals surface area contributed by atoms with Crippen molar-refractivity contribution in [2.24, 2.45) is 5.92 Å². The summed E-state index contributed by atoms with van der Waals surface area (Å²) in [5.74, 6) is 0.399. The van der Waals surface area contributed by atoms with Crippen molar-refractivity contribution in [1.82, 2.24) is 10.2 Å². The number of methoxy groups -OCH3 is 1. The van der Waals surface area contributed by atoms with Crippen LogP contribution in [0.5, 0.6) is 0 Å². The summed E-state index contributed by atoms with van der Waals surface area (Å²) in [5, 5.41) is 6.46. The summed E-state index contributed by atoms with van der Waals surface area (Å²) in [6.07, 6.45) is 3.66. The fraction of sp³-hybridized carbons (Fsp3) is 0.556. The first-order chi connectivity index (χ1) is 11.7. The Labute approximate surface area is 141 Å². The largest absolute Gasteiger partial charge is 0.453 e. The van der Waals surface area contributed by atoms with Gasteiger partial charge in [-0.3, -0.25) is 4.79 Å². The summed E-state index contributed by atoms with van der Waals surface area (Å²) in [4.78, 5) is 26.4. The van der Waals surface area contributed by atoms with Crippen molar-refractivity contribution in [2.75, 3.05) is 25.5 Å². The van der Waals surface area contributed by atoms with Crippen molar-refractivity contribution < 1.29 is 14.3 Å². The van der Waals surface area contributed by atoms with Crippen LogP contribution in [0.1, 0.15) is 35.2 Å². The first-order valence-electron chi connectivity index (χ1n) is 8.68. The molecular weight excluding hydrogens is 306 g/mol. The molecule has 2 saturated heterocycles. The minimum absolute atomic E-state index is 0.00970. The zero-order valence-electron chi connectivity index (χ0n) is 13.9. The number of amides is 2. The predicted molar refractivity (Wildman–Crippen MR) is 90.1 cm³/mol. The van der Waals surface area contributed by atoms with Crippen LogP contribution in [0.4, 0.5) is 10.5 Å². The van der Waals surface area contributed by atoms with Crippen LogP contribution in [0.3, 0.4) is 0 Å². The van der Waals surface area contributed by atoms with Gasteiger partial charge in [0.1, 0.15) is 0 Å². The molecule has 24 heavy (non-hydrogen) atoms. The van der Waals surface area contributed by atoms with Crippen LogP contribution in [0, 0.1) is 5.92 Å². The van der Waals surface area contributed by atoms with Crippen molar-refractivity contribution in [3.63, 3.8) is 0 Å². The zero-order valence-corrected chi connectivity index (χ0v) is 13.9. The Hall–Kier alpha value is -2.24. The van der Waals surface area contributed by atoms with Gasteiger partial charge in [-0.2, -0.15) is 0 Å². The number of carbonyl (C=O) groups is 2. The van der Waals surface area contributed by atoms with E-state index in [1.807, 2.05) is 18.2 Å². The molecule has 2 bridgehead atoms. The highest BCUT2D eigenvalue weighted by atomic mass is 16.5. The molecule has 1 aromatic carbocycles. The predicted octanol–water partition coefficient (Wildman–Crippen LogP) is 2.00. The smallest absolute Gasteiger partial charge is 0.409 e. The van der Waals surface area contributed by atoms with Gasteiger partial charge in [0, 0.05) is 24.3 Å².